The van der Waals surface area contributed by atoms with Crippen LogP contribution in [0.25, 0.3) is 0 Å². The van der Waals surface area contributed by atoms with Gasteiger partial charge in [0.1, 0.15) is 0 Å². The molecule has 1 aliphatic rings. The highest BCUT2D eigenvalue weighted by molar-refractivity contribution is 4.86. The van der Waals surface area contributed by atoms with Crippen molar-refractivity contribution in [1.29, 1.82) is 0 Å². The second kappa shape index (κ2) is 3.95. The van der Waals surface area contributed by atoms with E-state index in [9.17, 15) is 5.11 Å². The van der Waals surface area contributed by atoms with E-state index in [4.69, 9.17) is 0 Å². The predicted molar refractivity (Wildman–Crippen MR) is 54.8 cm³/mol. The molecule has 0 aromatic heterocycles. The molecule has 2 atom stereocenters. The highest BCUT2D eigenvalue weighted by atomic mass is 16.3. The molecule has 0 radical (unpaired) electrons. The van der Waals surface area contributed by atoms with E-state index in [1.807, 2.05) is 0 Å². The first-order valence-electron chi connectivity index (χ1n) is 5.07. The normalized spacial score (nSPS) is 33.0. The van der Waals surface area contributed by atoms with E-state index in [1.54, 1.807) is 0 Å². The summed E-state index contributed by atoms with van der Waals surface area (Å²) in [4.78, 5) is 2.36. The van der Waals surface area contributed by atoms with Gasteiger partial charge in [-0.1, -0.05) is 0 Å². The second-order valence-electron chi connectivity index (χ2n) is 4.98. The Balaban J connectivity index is 2.67. The van der Waals surface area contributed by atoms with Crippen LogP contribution in [0.3, 0.4) is 0 Å². The smallest absolute Gasteiger partial charge is 0.0791 e. The van der Waals surface area contributed by atoms with Gasteiger partial charge < -0.3 is 10.4 Å². The first kappa shape index (κ1) is 11.0. The summed E-state index contributed by atoms with van der Waals surface area (Å²) in [6.45, 7) is 11.3. The number of rotatable bonds is 0. The lowest BCUT2D eigenvalue weighted by Gasteiger charge is -2.39. The third-order valence-electron chi connectivity index (χ3n) is 2.62. The van der Waals surface area contributed by atoms with E-state index in [2.05, 4.69) is 37.9 Å². The number of nitrogens with one attached hydrogen (secondary N) is 1. The number of aliphatic hydroxyl groups excluding tert-OH is 1. The summed E-state index contributed by atoms with van der Waals surface area (Å²) >= 11 is 0. The van der Waals surface area contributed by atoms with Crippen LogP contribution in [-0.2, 0) is 0 Å². The van der Waals surface area contributed by atoms with Gasteiger partial charge in [-0.3, -0.25) is 4.90 Å². The average molecular weight is 186 g/mol. The maximum atomic E-state index is 9.64. The third-order valence-corrected chi connectivity index (χ3v) is 2.62. The van der Waals surface area contributed by atoms with Crippen molar-refractivity contribution in [2.24, 2.45) is 0 Å². The maximum absolute atomic E-state index is 9.64. The molecule has 0 aromatic rings. The van der Waals surface area contributed by atoms with Crippen LogP contribution in [0.1, 0.15) is 27.7 Å². The van der Waals surface area contributed by atoms with Crippen molar-refractivity contribution in [3.63, 3.8) is 0 Å². The molecule has 3 nitrogen and oxygen atoms in total. The number of nitrogens with zero attached hydrogens (tertiary/aromatic N) is 1. The molecule has 2 unspecified atom stereocenters. The van der Waals surface area contributed by atoms with E-state index >= 15 is 0 Å². The van der Waals surface area contributed by atoms with Crippen molar-refractivity contribution in [1.82, 2.24) is 10.2 Å². The lowest BCUT2D eigenvalue weighted by Crippen LogP contribution is -2.50. The number of β-amino-alcohol motifs (C(OH)–C–C–N with tert-alkyl or cyclic N) is 1. The molecule has 1 saturated heterocycles. The maximum Gasteiger partial charge on any atom is 0.0791 e. The number of aliphatic hydroxyl groups is 1. The zero-order valence-electron chi connectivity index (χ0n) is 9.17. The van der Waals surface area contributed by atoms with Gasteiger partial charge in [0.15, 0.2) is 0 Å². The minimum absolute atomic E-state index is 0.145. The third kappa shape index (κ3) is 2.93. The summed E-state index contributed by atoms with van der Waals surface area (Å²) < 4.78 is 0. The van der Waals surface area contributed by atoms with Crippen molar-refractivity contribution in [3.05, 3.63) is 0 Å². The molecule has 0 aromatic carbocycles. The molecule has 0 spiro atoms. The standard InChI is InChI=1S/C10H22N2O/c1-8-5-11-6-9(13)7-12(8)10(2,3)4/h8-9,11,13H,5-7H2,1-4H3. The summed E-state index contributed by atoms with van der Waals surface area (Å²) in [5, 5.41) is 12.9. The van der Waals surface area contributed by atoms with Gasteiger partial charge in [0.05, 0.1) is 6.10 Å². The van der Waals surface area contributed by atoms with Crippen LogP contribution >= 0.6 is 0 Å². The number of hydrogen-bond donors (Lipinski definition) is 2. The van der Waals surface area contributed by atoms with Gasteiger partial charge in [0, 0.05) is 31.2 Å². The summed E-state index contributed by atoms with van der Waals surface area (Å²) in [7, 11) is 0. The second-order valence-corrected chi connectivity index (χ2v) is 4.98. The van der Waals surface area contributed by atoms with E-state index < -0.39 is 0 Å². The van der Waals surface area contributed by atoms with Crippen molar-refractivity contribution in [3.8, 4) is 0 Å². The Bertz CT molecular complexity index is 165. The summed E-state index contributed by atoms with van der Waals surface area (Å²) in [6, 6.07) is 0.497. The first-order chi connectivity index (χ1) is 5.91. The average Bonchev–Trinajstić information content (AvgIpc) is 2.11. The highest BCUT2D eigenvalue weighted by Crippen LogP contribution is 2.18. The molecular formula is C10H22N2O. The molecule has 0 bridgehead atoms. The van der Waals surface area contributed by atoms with Crippen LogP contribution in [0.15, 0.2) is 0 Å². The molecular weight excluding hydrogens is 164 g/mol. The monoisotopic (exact) mass is 186 g/mol. The summed E-state index contributed by atoms with van der Waals surface area (Å²) in [6.07, 6.45) is -0.232. The minimum Gasteiger partial charge on any atom is -0.390 e. The number of hydrogen-bond acceptors (Lipinski definition) is 3. The molecule has 1 heterocycles. The van der Waals surface area contributed by atoms with Gasteiger partial charge in [-0.2, -0.15) is 0 Å². The Kier molecular flexibility index (Phi) is 3.33. The Labute approximate surface area is 81.1 Å². The van der Waals surface area contributed by atoms with Crippen molar-refractivity contribution < 1.29 is 5.11 Å². The van der Waals surface area contributed by atoms with Crippen molar-refractivity contribution >= 4 is 0 Å². The molecule has 0 saturated carbocycles. The predicted octanol–water partition coefficient (Wildman–Crippen LogP) is 0.439. The Morgan fingerprint density at radius 1 is 1.31 bits per heavy atom. The van der Waals surface area contributed by atoms with Crippen molar-refractivity contribution in [2.45, 2.75) is 45.4 Å². The quantitative estimate of drug-likeness (QED) is 0.576. The van der Waals surface area contributed by atoms with Crippen LogP contribution in [0.5, 0.6) is 0 Å². The van der Waals surface area contributed by atoms with E-state index in [0.717, 1.165) is 19.6 Å². The topological polar surface area (TPSA) is 35.5 Å². The molecule has 1 fully saturated rings. The van der Waals surface area contributed by atoms with Gasteiger partial charge in [0.2, 0.25) is 0 Å². The SMILES string of the molecule is CC1CNCC(O)CN1C(C)(C)C. The van der Waals surface area contributed by atoms with Gasteiger partial charge in [0.25, 0.3) is 0 Å². The molecule has 78 valence electrons. The minimum atomic E-state index is -0.232. The molecule has 1 rings (SSSR count). The molecule has 2 N–H and O–H groups in total. The molecule has 0 amide bonds. The molecule has 13 heavy (non-hydrogen) atoms. The van der Waals surface area contributed by atoms with Crippen LogP contribution in [0.4, 0.5) is 0 Å². The fourth-order valence-electron chi connectivity index (χ4n) is 1.98. The Morgan fingerprint density at radius 3 is 2.46 bits per heavy atom. The fourth-order valence-corrected chi connectivity index (χ4v) is 1.98. The van der Waals surface area contributed by atoms with Crippen LogP contribution < -0.4 is 5.32 Å². The fraction of sp³-hybridized carbons (Fsp3) is 1.00. The summed E-state index contributed by atoms with van der Waals surface area (Å²) in [5.74, 6) is 0. The van der Waals surface area contributed by atoms with Gasteiger partial charge in [-0.15, -0.1) is 0 Å². The van der Waals surface area contributed by atoms with E-state index in [-0.39, 0.29) is 11.6 Å². The van der Waals surface area contributed by atoms with Gasteiger partial charge >= 0.3 is 0 Å². The lowest BCUT2D eigenvalue weighted by molar-refractivity contribution is 0.0501. The largest absolute Gasteiger partial charge is 0.390 e. The van der Waals surface area contributed by atoms with Crippen LogP contribution in [0, 0.1) is 0 Å². The molecule has 0 aliphatic carbocycles. The first-order valence-corrected chi connectivity index (χ1v) is 5.07. The van der Waals surface area contributed by atoms with Crippen LogP contribution in [-0.4, -0.2) is 47.3 Å². The zero-order valence-corrected chi connectivity index (χ0v) is 9.17. The van der Waals surface area contributed by atoms with E-state index in [1.165, 1.54) is 0 Å². The lowest BCUT2D eigenvalue weighted by atomic mass is 10.0. The van der Waals surface area contributed by atoms with E-state index in [0.29, 0.717) is 6.04 Å². The molecule has 3 heteroatoms. The zero-order chi connectivity index (χ0) is 10.1. The van der Waals surface area contributed by atoms with Gasteiger partial charge in [-0.05, 0) is 27.7 Å². The Morgan fingerprint density at radius 2 is 1.92 bits per heavy atom. The Hall–Kier alpha value is -0.120. The van der Waals surface area contributed by atoms with Crippen LogP contribution in [0.2, 0.25) is 0 Å². The molecule has 1 aliphatic heterocycles. The van der Waals surface area contributed by atoms with Crippen molar-refractivity contribution in [2.75, 3.05) is 19.6 Å². The highest BCUT2D eigenvalue weighted by Gasteiger charge is 2.29. The van der Waals surface area contributed by atoms with Gasteiger partial charge in [-0.25, -0.2) is 0 Å². The summed E-state index contributed by atoms with van der Waals surface area (Å²) in [5.41, 5.74) is 0.145.